The Bertz CT molecular complexity index is 817. The van der Waals surface area contributed by atoms with Crippen LogP contribution in [0.2, 0.25) is 0 Å². The quantitative estimate of drug-likeness (QED) is 0.559. The van der Waals surface area contributed by atoms with Gasteiger partial charge in [0.05, 0.1) is 6.61 Å². The Morgan fingerprint density at radius 2 is 1.77 bits per heavy atom. The van der Waals surface area contributed by atoms with E-state index >= 15 is 0 Å². The van der Waals surface area contributed by atoms with Crippen molar-refractivity contribution < 1.29 is 14.3 Å². The lowest BCUT2D eigenvalue weighted by molar-refractivity contribution is -0.141. The highest BCUT2D eigenvalue weighted by Crippen LogP contribution is 2.16. The molecule has 30 heavy (non-hydrogen) atoms. The molecule has 2 aromatic carbocycles. The van der Waals surface area contributed by atoms with Gasteiger partial charge in [-0.15, -0.1) is 0 Å². The maximum atomic E-state index is 13.1. The third-order valence-corrected chi connectivity index (χ3v) is 5.00. The second kappa shape index (κ2) is 12.0. The summed E-state index contributed by atoms with van der Waals surface area (Å²) in [4.78, 5) is 27.4. The molecule has 0 heterocycles. The molecule has 0 saturated heterocycles. The molecule has 2 rings (SSSR count). The third-order valence-electron chi connectivity index (χ3n) is 5.00. The average Bonchev–Trinajstić information content (AvgIpc) is 2.72. The van der Waals surface area contributed by atoms with Crippen LogP contribution >= 0.6 is 0 Å². The van der Waals surface area contributed by atoms with Gasteiger partial charge in [0.1, 0.15) is 11.8 Å². The highest BCUT2D eigenvalue weighted by atomic mass is 16.5. The number of carbonyl (C=O) groups excluding carboxylic acids is 2. The van der Waals surface area contributed by atoms with E-state index in [0.29, 0.717) is 39.0 Å². The molecule has 5 heteroatoms. The Morgan fingerprint density at radius 3 is 2.40 bits per heavy atom. The lowest BCUT2D eigenvalue weighted by Gasteiger charge is -2.30. The van der Waals surface area contributed by atoms with Crippen molar-refractivity contribution in [3.8, 4) is 5.75 Å². The van der Waals surface area contributed by atoms with Gasteiger partial charge < -0.3 is 15.0 Å². The first-order valence-corrected chi connectivity index (χ1v) is 10.8. The van der Waals surface area contributed by atoms with Crippen LogP contribution in [0, 0.1) is 13.8 Å². The lowest BCUT2D eigenvalue weighted by atomic mass is 10.1. The summed E-state index contributed by atoms with van der Waals surface area (Å²) in [5.74, 6) is 0.678. The number of ether oxygens (including phenoxy) is 1. The van der Waals surface area contributed by atoms with Crippen molar-refractivity contribution >= 4 is 11.8 Å². The van der Waals surface area contributed by atoms with Crippen LogP contribution in [0.25, 0.3) is 0 Å². The number of amides is 2. The molecule has 1 N–H and O–H groups in total. The van der Waals surface area contributed by atoms with E-state index in [4.69, 9.17) is 4.74 Å². The maximum Gasteiger partial charge on any atom is 0.242 e. The molecule has 0 unspecified atom stereocenters. The van der Waals surface area contributed by atoms with Gasteiger partial charge >= 0.3 is 0 Å². The third kappa shape index (κ3) is 7.21. The first kappa shape index (κ1) is 23.5. The monoisotopic (exact) mass is 410 g/mol. The Kier molecular flexibility index (Phi) is 9.39. The minimum absolute atomic E-state index is 0.0258. The first-order chi connectivity index (χ1) is 14.4. The molecule has 0 aliphatic rings. The van der Waals surface area contributed by atoms with Gasteiger partial charge in [-0.25, -0.2) is 0 Å². The number of rotatable bonds is 11. The molecule has 0 bridgehead atoms. The number of nitrogens with one attached hydrogen (secondary N) is 1. The van der Waals surface area contributed by atoms with Gasteiger partial charge in [0, 0.05) is 19.5 Å². The van der Waals surface area contributed by atoms with E-state index in [1.807, 2.05) is 70.2 Å². The van der Waals surface area contributed by atoms with E-state index in [2.05, 4.69) is 11.4 Å². The van der Waals surface area contributed by atoms with E-state index in [1.165, 1.54) is 5.56 Å². The Morgan fingerprint density at radius 1 is 1.03 bits per heavy atom. The molecule has 5 nitrogen and oxygen atoms in total. The SMILES string of the molecule is CCNC(=O)[C@H](CC)N(Cc1cccc(C)c1)C(=O)CCCOc1ccc(C)cc1. The summed E-state index contributed by atoms with van der Waals surface area (Å²) < 4.78 is 5.75. The van der Waals surface area contributed by atoms with Crippen LogP contribution in [0.5, 0.6) is 5.75 Å². The second-order valence-corrected chi connectivity index (χ2v) is 7.59. The topological polar surface area (TPSA) is 58.6 Å². The van der Waals surface area contributed by atoms with Gasteiger partial charge in [0.15, 0.2) is 0 Å². The summed E-state index contributed by atoms with van der Waals surface area (Å²) >= 11 is 0. The molecule has 0 aliphatic heterocycles. The minimum atomic E-state index is -0.476. The molecule has 0 saturated carbocycles. The van der Waals surface area contributed by atoms with Crippen LogP contribution < -0.4 is 10.1 Å². The zero-order chi connectivity index (χ0) is 21.9. The Hall–Kier alpha value is -2.82. The van der Waals surface area contributed by atoms with Gasteiger partial charge in [0.2, 0.25) is 11.8 Å². The number of benzene rings is 2. The van der Waals surface area contributed by atoms with Gasteiger partial charge in [-0.05, 0) is 51.3 Å². The fraction of sp³-hybridized carbons (Fsp3) is 0.440. The molecule has 0 aliphatic carbocycles. The van der Waals surface area contributed by atoms with Crippen molar-refractivity contribution in [1.29, 1.82) is 0 Å². The summed E-state index contributed by atoms with van der Waals surface area (Å²) in [6.07, 6.45) is 1.51. The van der Waals surface area contributed by atoms with E-state index < -0.39 is 6.04 Å². The van der Waals surface area contributed by atoms with E-state index in [9.17, 15) is 9.59 Å². The van der Waals surface area contributed by atoms with Gasteiger partial charge in [-0.3, -0.25) is 9.59 Å². The number of hydrogen-bond donors (Lipinski definition) is 1. The fourth-order valence-corrected chi connectivity index (χ4v) is 3.41. The van der Waals surface area contributed by atoms with Gasteiger partial charge in [0.25, 0.3) is 0 Å². The van der Waals surface area contributed by atoms with E-state index in [1.54, 1.807) is 4.90 Å². The predicted molar refractivity (Wildman–Crippen MR) is 120 cm³/mol. The highest BCUT2D eigenvalue weighted by molar-refractivity contribution is 5.87. The Labute approximate surface area is 180 Å². The van der Waals surface area contributed by atoms with Crippen molar-refractivity contribution in [3.63, 3.8) is 0 Å². The standard InChI is InChI=1S/C25H34N2O3/c1-5-23(25(29)26-6-2)27(18-21-10-7-9-20(4)17-21)24(28)11-8-16-30-22-14-12-19(3)13-15-22/h7,9-10,12-15,17,23H,5-6,8,11,16,18H2,1-4H3,(H,26,29)/t23-/m0/s1. The first-order valence-electron chi connectivity index (χ1n) is 10.8. The van der Waals surface area contributed by atoms with Crippen molar-refractivity contribution in [1.82, 2.24) is 10.2 Å². The molecular weight excluding hydrogens is 376 g/mol. The summed E-state index contributed by atoms with van der Waals surface area (Å²) in [5.41, 5.74) is 3.35. The summed E-state index contributed by atoms with van der Waals surface area (Å²) in [5, 5.41) is 2.86. The van der Waals surface area contributed by atoms with Crippen LogP contribution in [0.15, 0.2) is 48.5 Å². The zero-order valence-electron chi connectivity index (χ0n) is 18.6. The number of nitrogens with zero attached hydrogens (tertiary/aromatic N) is 1. The van der Waals surface area contributed by atoms with Crippen molar-refractivity contribution in [3.05, 3.63) is 65.2 Å². The predicted octanol–water partition coefficient (Wildman–Crippen LogP) is 4.41. The zero-order valence-corrected chi connectivity index (χ0v) is 18.6. The molecule has 162 valence electrons. The Balaban J connectivity index is 2.02. The molecule has 2 aromatic rings. The van der Waals surface area contributed by atoms with Crippen molar-refractivity contribution in [2.45, 2.75) is 59.5 Å². The van der Waals surface area contributed by atoms with Crippen LogP contribution in [0.3, 0.4) is 0 Å². The number of hydrogen-bond acceptors (Lipinski definition) is 3. The fourth-order valence-electron chi connectivity index (χ4n) is 3.41. The molecule has 1 atom stereocenters. The number of aryl methyl sites for hydroxylation is 2. The molecular formula is C25H34N2O3. The second-order valence-electron chi connectivity index (χ2n) is 7.59. The molecule has 0 fully saturated rings. The smallest absolute Gasteiger partial charge is 0.242 e. The summed E-state index contributed by atoms with van der Waals surface area (Å²) in [7, 11) is 0. The van der Waals surface area contributed by atoms with Crippen LogP contribution in [0.1, 0.15) is 49.8 Å². The molecule has 0 spiro atoms. The highest BCUT2D eigenvalue weighted by Gasteiger charge is 2.28. The van der Waals surface area contributed by atoms with Crippen molar-refractivity contribution in [2.75, 3.05) is 13.2 Å². The minimum Gasteiger partial charge on any atom is -0.494 e. The van der Waals surface area contributed by atoms with Gasteiger partial charge in [-0.1, -0.05) is 54.4 Å². The number of likely N-dealkylation sites (N-methyl/N-ethyl adjacent to an activating group) is 1. The van der Waals surface area contributed by atoms with E-state index in [-0.39, 0.29) is 11.8 Å². The molecule has 2 amide bonds. The normalized spacial score (nSPS) is 11.6. The van der Waals surface area contributed by atoms with E-state index in [0.717, 1.165) is 16.9 Å². The van der Waals surface area contributed by atoms with Gasteiger partial charge in [-0.2, -0.15) is 0 Å². The molecule has 0 radical (unpaired) electrons. The van der Waals surface area contributed by atoms with Crippen LogP contribution in [-0.2, 0) is 16.1 Å². The van der Waals surface area contributed by atoms with Crippen molar-refractivity contribution in [2.24, 2.45) is 0 Å². The van der Waals surface area contributed by atoms with Crippen LogP contribution in [0.4, 0.5) is 0 Å². The number of carbonyl (C=O) groups is 2. The average molecular weight is 411 g/mol. The maximum absolute atomic E-state index is 13.1. The largest absolute Gasteiger partial charge is 0.494 e. The summed E-state index contributed by atoms with van der Waals surface area (Å²) in [6.45, 7) is 9.33. The summed E-state index contributed by atoms with van der Waals surface area (Å²) in [6, 6.07) is 15.5. The van der Waals surface area contributed by atoms with Crippen LogP contribution in [-0.4, -0.2) is 35.9 Å². The molecule has 0 aromatic heterocycles. The lowest BCUT2D eigenvalue weighted by Crippen LogP contribution is -2.49.